The molecule has 0 aromatic rings. The number of amides is 3. The minimum absolute atomic E-state index is 0.0228. The molecule has 31 heavy (non-hydrogen) atoms. The fourth-order valence-corrected chi connectivity index (χ4v) is 7.55. The van der Waals surface area contributed by atoms with E-state index >= 15 is 0 Å². The molecule has 4 rings (SSSR count). The first-order valence-corrected chi connectivity index (χ1v) is 12.3. The highest BCUT2D eigenvalue weighted by Crippen LogP contribution is 2.60. The Hall–Kier alpha value is -1.80. The van der Waals surface area contributed by atoms with Crippen LogP contribution < -0.4 is 0 Å². The number of hydrogen-bond acceptors (Lipinski definition) is 5. The number of unbranched alkanes of at least 4 members (excludes halogenated alkanes) is 2. The molecule has 1 N–H and O–H groups in total. The number of fused-ring (bicyclic) bond motifs is 2. The largest absolute Gasteiger partial charge is 0.396 e. The number of nitrogens with zero attached hydrogens (tertiary/aromatic N) is 3. The van der Waals surface area contributed by atoms with Gasteiger partial charge < -0.3 is 19.8 Å². The van der Waals surface area contributed by atoms with Crippen molar-refractivity contribution >= 4 is 29.5 Å². The highest BCUT2D eigenvalue weighted by atomic mass is 32.2. The maximum Gasteiger partial charge on any atom is 0.247 e. The van der Waals surface area contributed by atoms with Crippen LogP contribution in [-0.2, 0) is 14.4 Å². The molecule has 4 aliphatic heterocycles. The van der Waals surface area contributed by atoms with Crippen LogP contribution in [0.15, 0.2) is 24.3 Å². The number of aliphatic hydroxyl groups is 1. The highest BCUT2D eigenvalue weighted by molar-refractivity contribution is 8.02. The van der Waals surface area contributed by atoms with Crippen LogP contribution in [0.1, 0.15) is 32.6 Å². The Balaban J connectivity index is 1.74. The maximum absolute atomic E-state index is 13.8. The molecule has 7 nitrogen and oxygen atoms in total. The predicted octanol–water partition coefficient (Wildman–Crippen LogP) is 1.28. The van der Waals surface area contributed by atoms with E-state index in [-0.39, 0.29) is 29.6 Å². The van der Waals surface area contributed by atoms with Crippen LogP contribution in [0.25, 0.3) is 0 Å². The van der Waals surface area contributed by atoms with Gasteiger partial charge in [-0.2, -0.15) is 0 Å². The summed E-state index contributed by atoms with van der Waals surface area (Å²) in [5.74, 6) is -1.19. The van der Waals surface area contributed by atoms with Crippen molar-refractivity contribution in [3.63, 3.8) is 0 Å². The molecule has 0 aliphatic carbocycles. The standard InChI is InChI=1S/C23H33N3O4S/c1-3-4-5-12-25-13-7-10-23-18(17-16(31-23)9-6-11-24(2)20(17)28)21(29)26(14-8-15-27)19(23)22(25)30/h6-7,9-10,16-19,27H,3-5,8,11-15H2,1-2H3/t16-,17+,18-,19?,23-/m0/s1. The van der Waals surface area contributed by atoms with Crippen molar-refractivity contribution in [1.29, 1.82) is 0 Å². The summed E-state index contributed by atoms with van der Waals surface area (Å²) in [5.41, 5.74) is 0. The van der Waals surface area contributed by atoms with Crippen molar-refractivity contribution in [2.75, 3.05) is 39.8 Å². The summed E-state index contributed by atoms with van der Waals surface area (Å²) < 4.78 is -0.739. The maximum atomic E-state index is 13.8. The first-order valence-electron chi connectivity index (χ1n) is 11.4. The lowest BCUT2D eigenvalue weighted by Crippen LogP contribution is -2.53. The quantitative estimate of drug-likeness (QED) is 0.470. The van der Waals surface area contributed by atoms with Gasteiger partial charge in [0.05, 0.1) is 16.6 Å². The zero-order chi connectivity index (χ0) is 22.2. The third-order valence-corrected chi connectivity index (χ3v) is 8.78. The number of likely N-dealkylation sites (N-methyl/N-ethyl adjacent to an activating group) is 1. The number of aliphatic hydroxyl groups excluding tert-OH is 1. The van der Waals surface area contributed by atoms with Crippen molar-refractivity contribution in [2.45, 2.75) is 48.6 Å². The average Bonchev–Trinajstić information content (AvgIpc) is 3.08. The van der Waals surface area contributed by atoms with Crippen LogP contribution in [0.4, 0.5) is 0 Å². The molecule has 1 unspecified atom stereocenters. The first-order chi connectivity index (χ1) is 15.0. The van der Waals surface area contributed by atoms with Crippen molar-refractivity contribution < 1.29 is 19.5 Å². The average molecular weight is 448 g/mol. The van der Waals surface area contributed by atoms with Gasteiger partial charge in [-0.1, -0.05) is 44.1 Å². The molecule has 3 amide bonds. The van der Waals surface area contributed by atoms with Gasteiger partial charge >= 0.3 is 0 Å². The van der Waals surface area contributed by atoms with Gasteiger partial charge in [0.2, 0.25) is 17.7 Å². The SMILES string of the molecule is CCCCCN1CC=C[C@]23S[C@H]4C=CCN(C)C(=O)[C@H]4[C@H]2C(=O)N(CCCO)C3C1=O. The molecule has 2 saturated heterocycles. The summed E-state index contributed by atoms with van der Waals surface area (Å²) in [6, 6.07) is -0.625. The van der Waals surface area contributed by atoms with Gasteiger partial charge in [-0.3, -0.25) is 14.4 Å². The second-order valence-electron chi connectivity index (χ2n) is 8.99. The molecular formula is C23H33N3O4S. The van der Waals surface area contributed by atoms with Gasteiger partial charge in [-0.25, -0.2) is 0 Å². The summed E-state index contributed by atoms with van der Waals surface area (Å²) in [6.45, 7) is 4.18. The molecule has 170 valence electrons. The molecule has 5 atom stereocenters. The molecule has 0 aromatic heterocycles. The predicted molar refractivity (Wildman–Crippen MR) is 120 cm³/mol. The van der Waals surface area contributed by atoms with Crippen LogP contribution >= 0.6 is 11.8 Å². The number of hydrogen-bond donors (Lipinski definition) is 1. The van der Waals surface area contributed by atoms with Crippen LogP contribution in [0.3, 0.4) is 0 Å². The lowest BCUT2D eigenvalue weighted by molar-refractivity contribution is -0.144. The van der Waals surface area contributed by atoms with E-state index in [4.69, 9.17) is 0 Å². The summed E-state index contributed by atoms with van der Waals surface area (Å²) in [5, 5.41) is 9.29. The van der Waals surface area contributed by atoms with E-state index in [1.807, 2.05) is 17.1 Å². The van der Waals surface area contributed by atoms with Gasteiger partial charge in [0.15, 0.2) is 0 Å². The topological polar surface area (TPSA) is 81.2 Å². The first kappa shape index (κ1) is 22.4. The van der Waals surface area contributed by atoms with Crippen LogP contribution in [0, 0.1) is 11.8 Å². The molecule has 0 saturated carbocycles. The van der Waals surface area contributed by atoms with Crippen molar-refractivity contribution in [2.24, 2.45) is 11.8 Å². The van der Waals surface area contributed by atoms with Crippen LogP contribution in [0.2, 0.25) is 0 Å². The number of carbonyl (C=O) groups excluding carboxylic acids is 3. The van der Waals surface area contributed by atoms with E-state index < -0.39 is 22.6 Å². The normalized spacial score (nSPS) is 34.7. The van der Waals surface area contributed by atoms with Gasteiger partial charge in [-0.15, -0.1) is 11.8 Å². The molecule has 1 spiro atoms. The van der Waals surface area contributed by atoms with Crippen molar-refractivity contribution in [3.05, 3.63) is 24.3 Å². The zero-order valence-electron chi connectivity index (χ0n) is 18.4. The van der Waals surface area contributed by atoms with E-state index in [0.717, 1.165) is 19.3 Å². The summed E-state index contributed by atoms with van der Waals surface area (Å²) in [6.07, 6.45) is 11.6. The minimum atomic E-state index is -0.739. The van der Waals surface area contributed by atoms with Gasteiger partial charge in [0.25, 0.3) is 0 Å². The van der Waals surface area contributed by atoms with E-state index in [1.165, 1.54) is 0 Å². The van der Waals surface area contributed by atoms with Gasteiger partial charge in [-0.05, 0) is 12.8 Å². The smallest absolute Gasteiger partial charge is 0.247 e. The van der Waals surface area contributed by atoms with Gasteiger partial charge in [0.1, 0.15) is 6.04 Å². The molecule has 4 heterocycles. The molecule has 4 aliphatic rings. The Morgan fingerprint density at radius 3 is 2.61 bits per heavy atom. The Kier molecular flexibility index (Phi) is 6.49. The Morgan fingerprint density at radius 2 is 1.87 bits per heavy atom. The third kappa shape index (κ3) is 3.61. The molecule has 0 bridgehead atoms. The fourth-order valence-electron chi connectivity index (χ4n) is 5.54. The number of thioether (sulfide) groups is 1. The number of likely N-dealkylation sites (tertiary alicyclic amines) is 1. The summed E-state index contributed by atoms with van der Waals surface area (Å²) >= 11 is 1.61. The molecule has 0 aromatic carbocycles. The zero-order valence-corrected chi connectivity index (χ0v) is 19.2. The van der Waals surface area contributed by atoms with E-state index in [1.54, 1.807) is 28.6 Å². The number of carbonyl (C=O) groups is 3. The monoisotopic (exact) mass is 447 g/mol. The van der Waals surface area contributed by atoms with E-state index in [2.05, 4.69) is 19.1 Å². The lowest BCUT2D eigenvalue weighted by Gasteiger charge is -2.35. The lowest BCUT2D eigenvalue weighted by atomic mass is 9.78. The highest BCUT2D eigenvalue weighted by Gasteiger charge is 2.70. The van der Waals surface area contributed by atoms with Crippen molar-refractivity contribution in [1.82, 2.24) is 14.7 Å². The summed E-state index contributed by atoms with van der Waals surface area (Å²) in [7, 11) is 1.77. The fraction of sp³-hybridized carbons (Fsp3) is 0.696. The van der Waals surface area contributed by atoms with Crippen LogP contribution in [0.5, 0.6) is 0 Å². The molecular weight excluding hydrogens is 414 g/mol. The second-order valence-corrected chi connectivity index (χ2v) is 10.5. The molecule has 2 fully saturated rings. The van der Waals surface area contributed by atoms with E-state index in [0.29, 0.717) is 32.6 Å². The second kappa shape index (κ2) is 8.98. The minimum Gasteiger partial charge on any atom is -0.396 e. The van der Waals surface area contributed by atoms with Crippen molar-refractivity contribution in [3.8, 4) is 0 Å². The Labute approximate surface area is 188 Å². The Bertz CT molecular complexity index is 800. The molecule has 0 radical (unpaired) electrons. The van der Waals surface area contributed by atoms with E-state index in [9.17, 15) is 19.5 Å². The summed E-state index contributed by atoms with van der Waals surface area (Å²) in [4.78, 5) is 46.0. The third-order valence-electron chi connectivity index (χ3n) is 7.03. The molecule has 8 heteroatoms. The number of rotatable bonds is 7. The van der Waals surface area contributed by atoms with Crippen LogP contribution in [-0.4, -0.2) is 93.4 Å². The van der Waals surface area contributed by atoms with Gasteiger partial charge in [0, 0.05) is 45.1 Å². The Morgan fingerprint density at radius 1 is 1.06 bits per heavy atom.